The van der Waals surface area contributed by atoms with Gasteiger partial charge in [-0.1, -0.05) is 135 Å². The van der Waals surface area contributed by atoms with E-state index in [4.69, 9.17) is 0 Å². The molecule has 1 aromatic heterocycles. The molecule has 0 N–H and O–H groups in total. The first-order valence-electron chi connectivity index (χ1n) is 23.4. The lowest BCUT2D eigenvalue weighted by Gasteiger charge is -2.38. The summed E-state index contributed by atoms with van der Waals surface area (Å²) in [7, 11) is 0. The Bertz CT molecular complexity index is 3890. The van der Waals surface area contributed by atoms with Crippen LogP contribution in [-0.4, -0.2) is 21.1 Å². The van der Waals surface area contributed by atoms with Crippen LogP contribution in [0.3, 0.4) is 0 Å². The second-order valence-corrected chi connectivity index (χ2v) is 18.7. The van der Waals surface area contributed by atoms with Crippen molar-refractivity contribution in [3.8, 4) is 23.5 Å². The van der Waals surface area contributed by atoms with Gasteiger partial charge in [-0.05, 0) is 156 Å². The zero-order valence-corrected chi connectivity index (χ0v) is 38.1. The fraction of sp³-hybridized carbons (Fsp3) is 0.145. The van der Waals surface area contributed by atoms with E-state index in [1.54, 1.807) is 0 Å². The Morgan fingerprint density at radius 2 is 0.877 bits per heavy atom. The average Bonchev–Trinajstić information content (AvgIpc) is 3.76. The van der Waals surface area contributed by atoms with E-state index < -0.39 is 6.42 Å². The summed E-state index contributed by atoms with van der Waals surface area (Å²) in [5.74, 6) is 16.2. The average molecular weight is 831 g/mol. The van der Waals surface area contributed by atoms with Gasteiger partial charge in [-0.2, -0.15) is 11.6 Å². The number of hydrogen-bond donors (Lipinski definition) is 0. The monoisotopic (exact) mass is 830 g/mol. The Morgan fingerprint density at radius 1 is 0.462 bits per heavy atom. The van der Waals surface area contributed by atoms with Crippen molar-refractivity contribution < 1.29 is 4.49 Å². The largest absolute Gasteiger partial charge is 0.520 e. The van der Waals surface area contributed by atoms with Gasteiger partial charge in [0.1, 0.15) is 5.71 Å². The van der Waals surface area contributed by atoms with E-state index in [1.165, 1.54) is 137 Å². The van der Waals surface area contributed by atoms with Gasteiger partial charge < -0.3 is 8.96 Å². The van der Waals surface area contributed by atoms with Crippen LogP contribution < -0.4 is 0 Å². The second-order valence-electron chi connectivity index (χ2n) is 18.7. The van der Waals surface area contributed by atoms with Crippen molar-refractivity contribution in [2.45, 2.75) is 61.3 Å². The van der Waals surface area contributed by atoms with Crippen LogP contribution >= 0.6 is 0 Å². The van der Waals surface area contributed by atoms with Crippen molar-refractivity contribution in [3.63, 3.8) is 0 Å². The van der Waals surface area contributed by atoms with Gasteiger partial charge in [-0.25, -0.2) is 0 Å². The summed E-state index contributed by atoms with van der Waals surface area (Å²) in [6, 6.07) is 49.5. The fourth-order valence-electron chi connectivity index (χ4n) is 13.1. The fourth-order valence-corrected chi connectivity index (χ4v) is 13.1. The smallest absolute Gasteiger partial charge is 0.435 e. The molecule has 0 amide bonds. The first-order valence-corrected chi connectivity index (χ1v) is 23.4. The van der Waals surface area contributed by atoms with E-state index >= 15 is 0 Å². The molecular formula is C62H47BN2. The summed E-state index contributed by atoms with van der Waals surface area (Å²) in [4.78, 5) is 0. The second kappa shape index (κ2) is 13.5. The number of fused-ring (bicyclic) bond motifs is 6. The molecule has 0 atom stereocenters. The molecule has 2 nitrogen and oxygen atoms in total. The summed E-state index contributed by atoms with van der Waals surface area (Å²) in [6.07, 6.45) is -0.230. The van der Waals surface area contributed by atoms with Gasteiger partial charge in [0.05, 0.1) is 0 Å². The van der Waals surface area contributed by atoms with E-state index in [-0.39, 0.29) is 0 Å². The van der Waals surface area contributed by atoms with Gasteiger partial charge in [-0.15, -0.1) is 11.8 Å². The lowest BCUT2D eigenvalue weighted by atomic mass is 9.45. The Labute approximate surface area is 379 Å². The summed E-state index contributed by atoms with van der Waals surface area (Å²) < 4.78 is 5.15. The maximum atomic E-state index is 4.14. The quantitative estimate of drug-likeness (QED) is 0.0710. The zero-order valence-electron chi connectivity index (χ0n) is 38.1. The molecule has 0 aliphatic carbocycles. The summed E-state index contributed by atoms with van der Waals surface area (Å²) in [6.45, 7) is 16.2. The minimum absolute atomic E-state index is 0.942. The molecule has 3 heteroatoms. The summed E-state index contributed by atoms with van der Waals surface area (Å²) in [5, 5.41) is 20.4. The molecule has 0 spiro atoms. The van der Waals surface area contributed by atoms with Crippen molar-refractivity contribution in [1.29, 1.82) is 0 Å². The van der Waals surface area contributed by atoms with Gasteiger partial charge in [0.15, 0.2) is 5.70 Å². The highest BCUT2D eigenvalue weighted by Gasteiger charge is 2.51. The maximum Gasteiger partial charge on any atom is 0.520 e. The molecule has 13 rings (SSSR count). The Balaban J connectivity index is 1.14. The van der Waals surface area contributed by atoms with Gasteiger partial charge in [-0.3, -0.25) is 0 Å². The topological polar surface area (TPSA) is 7.94 Å². The standard InChI is InChI=1S/C62H47BN2/c1-8-45-36(3)61-38(5)62-37(4)46(9-2)40(7)65(62)63(64(61)39(45)6,34-32-41-28-30-55-51-24-12-18-43-16-10-22-49(57(43)51)53-26-14-20-47(41)59(53)55)35-33-42-29-31-56-52-25-13-19-44-17-11-23-50(58(44)52)54-27-15-21-48(42)60(54)56/h10-31H,8-9H2,1-7H3. The zero-order chi connectivity index (χ0) is 44.0. The molecule has 2 aliphatic rings. The molecule has 0 saturated heterocycles. The third-order valence-electron chi connectivity index (χ3n) is 15.7. The van der Waals surface area contributed by atoms with Crippen LogP contribution in [0.25, 0.3) is 91.8 Å². The summed E-state index contributed by atoms with van der Waals surface area (Å²) >= 11 is 0. The van der Waals surface area contributed by atoms with E-state index in [9.17, 15) is 0 Å². The number of aromatic nitrogens is 1. The van der Waals surface area contributed by atoms with Crippen molar-refractivity contribution in [2.24, 2.45) is 0 Å². The molecule has 2 aliphatic heterocycles. The molecule has 3 heterocycles. The predicted molar refractivity (Wildman–Crippen MR) is 280 cm³/mol. The number of benzene rings is 10. The van der Waals surface area contributed by atoms with Gasteiger partial charge in [0.25, 0.3) is 0 Å². The molecule has 0 bridgehead atoms. The molecule has 0 radical (unpaired) electrons. The van der Waals surface area contributed by atoms with Gasteiger partial charge in [0.2, 0.25) is 0 Å². The summed E-state index contributed by atoms with van der Waals surface area (Å²) in [5.41, 5.74) is 13.8. The number of nitrogens with zero attached hydrogens (tertiary/aromatic N) is 2. The van der Waals surface area contributed by atoms with Crippen LogP contribution in [0.15, 0.2) is 150 Å². The molecule has 0 saturated carbocycles. The van der Waals surface area contributed by atoms with Crippen LogP contribution in [0, 0.1) is 37.3 Å². The van der Waals surface area contributed by atoms with Crippen molar-refractivity contribution in [3.05, 3.63) is 184 Å². The first-order chi connectivity index (χ1) is 31.8. The van der Waals surface area contributed by atoms with Gasteiger partial charge >= 0.3 is 6.42 Å². The highest BCUT2D eigenvalue weighted by molar-refractivity contribution is 6.87. The van der Waals surface area contributed by atoms with Crippen LogP contribution in [0.2, 0.25) is 0 Å². The minimum Gasteiger partial charge on any atom is -0.435 e. The van der Waals surface area contributed by atoms with Crippen LogP contribution in [-0.2, 0) is 6.42 Å². The minimum atomic E-state index is -2.11. The van der Waals surface area contributed by atoms with Crippen molar-refractivity contribution in [1.82, 2.24) is 4.48 Å². The number of rotatable bonds is 2. The predicted octanol–water partition coefficient (Wildman–Crippen LogP) is 15.2. The normalized spacial score (nSPS) is 14.8. The third kappa shape index (κ3) is 4.81. The molecular weight excluding hydrogens is 784 g/mol. The van der Waals surface area contributed by atoms with Crippen LogP contribution in [0.4, 0.5) is 0 Å². The molecule has 0 fully saturated rings. The highest BCUT2D eigenvalue weighted by atomic mass is 15.2. The molecule has 11 aromatic rings. The van der Waals surface area contributed by atoms with Gasteiger partial charge in [0, 0.05) is 40.5 Å². The van der Waals surface area contributed by atoms with Crippen molar-refractivity contribution in [2.75, 3.05) is 0 Å². The first kappa shape index (κ1) is 37.9. The lowest BCUT2D eigenvalue weighted by Crippen LogP contribution is -2.57. The highest BCUT2D eigenvalue weighted by Crippen LogP contribution is 2.46. The van der Waals surface area contributed by atoms with Crippen molar-refractivity contribution >= 4 is 104 Å². The Hall–Kier alpha value is -7.59. The number of allylic oxidation sites excluding steroid dienone is 3. The SMILES string of the molecule is CCC1=C(C)C2=C(C)c3c(C)c(CC)c(C)n3[B-](C#Cc3ccc4c5cccc6cccc(c7cccc3c74)c65)(C#Cc3ccc4c5cccc6cccc(c7cccc3c74)c65)[N+]2=C1C. The third-order valence-corrected chi connectivity index (χ3v) is 15.7. The molecule has 65 heavy (non-hydrogen) atoms. The van der Waals surface area contributed by atoms with Crippen LogP contribution in [0.5, 0.6) is 0 Å². The number of hydrogen-bond acceptors (Lipinski definition) is 0. The Morgan fingerprint density at radius 3 is 1.32 bits per heavy atom. The Kier molecular flexibility index (Phi) is 7.86. The van der Waals surface area contributed by atoms with E-state index in [0.717, 1.165) is 24.0 Å². The molecule has 308 valence electrons. The lowest BCUT2D eigenvalue weighted by molar-refractivity contribution is -0.330. The van der Waals surface area contributed by atoms with E-state index in [2.05, 4.69) is 214 Å². The molecule has 0 unspecified atom stereocenters. The maximum absolute atomic E-state index is 4.14. The van der Waals surface area contributed by atoms with E-state index in [1.807, 2.05) is 0 Å². The van der Waals surface area contributed by atoms with Crippen LogP contribution in [0.1, 0.15) is 74.7 Å². The molecule has 10 aromatic carbocycles. The van der Waals surface area contributed by atoms with E-state index in [0.29, 0.717) is 0 Å².